The zero-order valence-corrected chi connectivity index (χ0v) is 15.3. The standard InChI is InChI=1S/C20H17N3O3S/c1-14-10-11-16(17(13-14)23(25)26)22-20(24)19(15-7-3-2-4-8-15)27-18-9-5-6-12-21-18/h2-13,19H,1H3,(H,22,24)/t19-/m0/s1. The van der Waals surface area contributed by atoms with Gasteiger partial charge in [-0.05, 0) is 36.2 Å². The van der Waals surface area contributed by atoms with Gasteiger partial charge in [0.2, 0.25) is 5.91 Å². The van der Waals surface area contributed by atoms with E-state index in [0.717, 1.165) is 11.1 Å². The van der Waals surface area contributed by atoms with Crippen LogP contribution < -0.4 is 5.32 Å². The lowest BCUT2D eigenvalue weighted by Gasteiger charge is -2.16. The molecule has 0 aliphatic rings. The molecule has 7 heteroatoms. The summed E-state index contributed by atoms with van der Waals surface area (Å²) < 4.78 is 0. The number of thioether (sulfide) groups is 1. The van der Waals surface area contributed by atoms with Gasteiger partial charge in [0.05, 0.1) is 9.95 Å². The van der Waals surface area contributed by atoms with Gasteiger partial charge in [0.1, 0.15) is 10.9 Å². The topological polar surface area (TPSA) is 85.1 Å². The van der Waals surface area contributed by atoms with Crippen LogP contribution in [0.15, 0.2) is 78.0 Å². The first-order chi connectivity index (χ1) is 13.0. The average molecular weight is 379 g/mol. The Kier molecular flexibility index (Phi) is 5.83. The van der Waals surface area contributed by atoms with Gasteiger partial charge in [-0.2, -0.15) is 0 Å². The number of hydrogen-bond acceptors (Lipinski definition) is 5. The van der Waals surface area contributed by atoms with E-state index in [1.54, 1.807) is 31.3 Å². The van der Waals surface area contributed by atoms with Gasteiger partial charge in [-0.3, -0.25) is 14.9 Å². The third kappa shape index (κ3) is 4.71. The summed E-state index contributed by atoms with van der Waals surface area (Å²) in [5.41, 5.74) is 1.60. The van der Waals surface area contributed by atoms with E-state index in [-0.39, 0.29) is 17.3 Å². The molecule has 1 N–H and O–H groups in total. The van der Waals surface area contributed by atoms with Crippen molar-refractivity contribution in [3.8, 4) is 0 Å². The molecule has 0 saturated carbocycles. The highest BCUT2D eigenvalue weighted by Crippen LogP contribution is 2.36. The highest BCUT2D eigenvalue weighted by atomic mass is 32.2. The molecule has 0 aliphatic heterocycles. The Labute approximate surface area is 160 Å². The number of anilines is 1. The summed E-state index contributed by atoms with van der Waals surface area (Å²) in [6, 6.07) is 19.5. The van der Waals surface area contributed by atoms with Gasteiger partial charge in [-0.1, -0.05) is 54.2 Å². The quantitative estimate of drug-likeness (QED) is 0.379. The molecule has 1 aromatic heterocycles. The van der Waals surface area contributed by atoms with Crippen LogP contribution in [0.5, 0.6) is 0 Å². The minimum Gasteiger partial charge on any atom is -0.319 e. The number of carbonyl (C=O) groups excluding carboxylic acids is 1. The SMILES string of the molecule is Cc1ccc(NC(=O)[C@@H](Sc2ccccn2)c2ccccc2)c([N+](=O)[O-])c1. The maximum absolute atomic E-state index is 13.0. The second-order valence-corrected chi connectivity index (χ2v) is 6.97. The molecule has 0 aliphatic carbocycles. The summed E-state index contributed by atoms with van der Waals surface area (Å²) in [7, 11) is 0. The second kappa shape index (κ2) is 8.46. The van der Waals surface area contributed by atoms with Crippen LogP contribution in [0.4, 0.5) is 11.4 Å². The van der Waals surface area contributed by atoms with Gasteiger partial charge in [-0.25, -0.2) is 4.98 Å². The first kappa shape index (κ1) is 18.6. The molecule has 3 rings (SSSR count). The summed E-state index contributed by atoms with van der Waals surface area (Å²) in [5.74, 6) is -0.344. The predicted molar refractivity (Wildman–Crippen MR) is 106 cm³/mol. The Bertz CT molecular complexity index is 949. The van der Waals surface area contributed by atoms with Crippen LogP contribution >= 0.6 is 11.8 Å². The second-order valence-electron chi connectivity index (χ2n) is 5.84. The molecule has 27 heavy (non-hydrogen) atoms. The average Bonchev–Trinajstić information content (AvgIpc) is 2.68. The van der Waals surface area contributed by atoms with E-state index in [1.807, 2.05) is 42.5 Å². The van der Waals surface area contributed by atoms with Crippen molar-refractivity contribution in [1.29, 1.82) is 0 Å². The fourth-order valence-corrected chi connectivity index (χ4v) is 3.51. The highest BCUT2D eigenvalue weighted by Gasteiger charge is 2.25. The van der Waals surface area contributed by atoms with Crippen molar-refractivity contribution < 1.29 is 9.72 Å². The largest absolute Gasteiger partial charge is 0.319 e. The molecular weight excluding hydrogens is 362 g/mol. The molecule has 0 unspecified atom stereocenters. The van der Waals surface area contributed by atoms with Crippen LogP contribution in [-0.2, 0) is 4.79 Å². The number of amides is 1. The maximum atomic E-state index is 13.0. The van der Waals surface area contributed by atoms with Crippen molar-refractivity contribution >= 4 is 29.0 Å². The molecule has 1 amide bonds. The van der Waals surface area contributed by atoms with Gasteiger partial charge in [0, 0.05) is 12.3 Å². The smallest absolute Gasteiger partial charge is 0.293 e. The number of nitrogens with zero attached hydrogens (tertiary/aromatic N) is 2. The maximum Gasteiger partial charge on any atom is 0.293 e. The number of pyridine rings is 1. The Balaban J connectivity index is 1.91. The summed E-state index contributed by atoms with van der Waals surface area (Å²) in [5, 5.41) is 14.1. The number of nitrogens with one attached hydrogen (secondary N) is 1. The normalized spacial score (nSPS) is 11.6. The number of rotatable bonds is 6. The summed E-state index contributed by atoms with van der Waals surface area (Å²) in [4.78, 5) is 28.1. The third-order valence-electron chi connectivity index (χ3n) is 3.82. The number of aryl methyl sites for hydroxylation is 1. The molecule has 0 fully saturated rings. The molecule has 1 atom stereocenters. The van der Waals surface area contributed by atoms with Crippen LogP contribution in [0.1, 0.15) is 16.4 Å². The van der Waals surface area contributed by atoms with E-state index < -0.39 is 10.2 Å². The van der Waals surface area contributed by atoms with Crippen LogP contribution in [-0.4, -0.2) is 15.8 Å². The molecule has 136 valence electrons. The molecule has 1 heterocycles. The first-order valence-electron chi connectivity index (χ1n) is 8.23. The fourth-order valence-electron chi connectivity index (χ4n) is 2.54. The number of nitro groups is 1. The first-order valence-corrected chi connectivity index (χ1v) is 9.11. The van der Waals surface area contributed by atoms with E-state index >= 15 is 0 Å². The molecule has 6 nitrogen and oxygen atoms in total. The summed E-state index contributed by atoms with van der Waals surface area (Å²) in [6.07, 6.45) is 1.66. The highest BCUT2D eigenvalue weighted by molar-refractivity contribution is 8.00. The Morgan fingerprint density at radius 2 is 1.85 bits per heavy atom. The zero-order valence-electron chi connectivity index (χ0n) is 14.5. The van der Waals surface area contributed by atoms with E-state index in [1.165, 1.54) is 17.8 Å². The molecule has 0 radical (unpaired) electrons. The fraction of sp³-hybridized carbons (Fsp3) is 0.100. The third-order valence-corrected chi connectivity index (χ3v) is 5.03. The van der Waals surface area contributed by atoms with Crippen molar-refractivity contribution in [1.82, 2.24) is 4.98 Å². The molecule has 0 bridgehead atoms. The van der Waals surface area contributed by atoms with Gasteiger partial charge in [0.15, 0.2) is 0 Å². The van der Waals surface area contributed by atoms with E-state index in [2.05, 4.69) is 10.3 Å². The van der Waals surface area contributed by atoms with Crippen LogP contribution in [0.25, 0.3) is 0 Å². The van der Waals surface area contributed by atoms with Gasteiger partial charge in [0.25, 0.3) is 5.69 Å². The summed E-state index contributed by atoms with van der Waals surface area (Å²) in [6.45, 7) is 1.77. The Hall–Kier alpha value is -3.19. The lowest BCUT2D eigenvalue weighted by Crippen LogP contribution is -2.19. The number of hydrogen-bond donors (Lipinski definition) is 1. The van der Waals surface area contributed by atoms with Crippen molar-refractivity contribution in [2.24, 2.45) is 0 Å². The molecule has 0 saturated heterocycles. The molecule has 0 spiro atoms. The monoisotopic (exact) mass is 379 g/mol. The van der Waals surface area contributed by atoms with Crippen LogP contribution in [0.2, 0.25) is 0 Å². The minimum absolute atomic E-state index is 0.127. The lowest BCUT2D eigenvalue weighted by atomic mass is 10.1. The van der Waals surface area contributed by atoms with Crippen molar-refractivity contribution in [2.75, 3.05) is 5.32 Å². The van der Waals surface area contributed by atoms with Crippen molar-refractivity contribution in [3.63, 3.8) is 0 Å². The number of nitro benzene ring substituents is 1. The number of benzene rings is 2. The number of aromatic nitrogens is 1. The zero-order chi connectivity index (χ0) is 19.2. The Morgan fingerprint density at radius 3 is 2.52 bits per heavy atom. The van der Waals surface area contributed by atoms with Crippen molar-refractivity contribution in [3.05, 3.63) is 94.2 Å². The van der Waals surface area contributed by atoms with E-state index in [0.29, 0.717) is 5.03 Å². The molecule has 3 aromatic rings. The molecular formula is C20H17N3O3S. The minimum atomic E-state index is -0.595. The van der Waals surface area contributed by atoms with Crippen molar-refractivity contribution in [2.45, 2.75) is 17.2 Å². The van der Waals surface area contributed by atoms with Gasteiger partial charge < -0.3 is 5.32 Å². The van der Waals surface area contributed by atoms with E-state index in [4.69, 9.17) is 0 Å². The number of carbonyl (C=O) groups is 1. The summed E-state index contributed by atoms with van der Waals surface area (Å²) >= 11 is 1.29. The van der Waals surface area contributed by atoms with E-state index in [9.17, 15) is 14.9 Å². The van der Waals surface area contributed by atoms with Gasteiger partial charge >= 0.3 is 0 Å². The van der Waals surface area contributed by atoms with Crippen LogP contribution in [0, 0.1) is 17.0 Å². The molecule has 2 aromatic carbocycles. The predicted octanol–water partition coefficient (Wildman–Crippen LogP) is 4.77. The Morgan fingerprint density at radius 1 is 1.11 bits per heavy atom. The van der Waals surface area contributed by atoms with Gasteiger partial charge in [-0.15, -0.1) is 0 Å². The van der Waals surface area contributed by atoms with Crippen LogP contribution in [0.3, 0.4) is 0 Å². The lowest BCUT2D eigenvalue weighted by molar-refractivity contribution is -0.384.